The summed E-state index contributed by atoms with van der Waals surface area (Å²) in [6.45, 7) is 2.08. The second-order valence-electron chi connectivity index (χ2n) is 7.94. The van der Waals surface area contributed by atoms with Crippen molar-refractivity contribution in [1.82, 2.24) is 0 Å². The van der Waals surface area contributed by atoms with Crippen LogP contribution in [0.4, 0.5) is 5.69 Å². The summed E-state index contributed by atoms with van der Waals surface area (Å²) in [7, 11) is 0. The molecule has 2 aromatic rings. The minimum Gasteiger partial charge on any atom is -0.362 e. The normalized spacial score (nSPS) is 20.0. The molecule has 1 aromatic carbocycles. The quantitative estimate of drug-likeness (QED) is 0.669. The number of benzene rings is 1. The highest BCUT2D eigenvalue weighted by Gasteiger charge is 2.30. The van der Waals surface area contributed by atoms with Gasteiger partial charge in [0.2, 0.25) is 5.43 Å². The zero-order valence-corrected chi connectivity index (χ0v) is 16.1. The second kappa shape index (κ2) is 7.49. The first kappa shape index (κ1) is 17.1. The van der Waals surface area contributed by atoms with Gasteiger partial charge in [-0.25, -0.2) is 0 Å². The molecule has 2 nitrogen and oxygen atoms in total. The monoisotopic (exact) mass is 355 g/mol. The zero-order valence-electron chi connectivity index (χ0n) is 15.3. The number of nitrogens with zero attached hydrogens (tertiary/aromatic N) is 1. The van der Waals surface area contributed by atoms with Crippen LogP contribution in [0.25, 0.3) is 10.1 Å². The van der Waals surface area contributed by atoms with Crippen LogP contribution in [0.3, 0.4) is 0 Å². The lowest BCUT2D eigenvalue weighted by molar-refractivity contribution is 0.339. The van der Waals surface area contributed by atoms with Gasteiger partial charge in [0.25, 0.3) is 0 Å². The maximum Gasteiger partial charge on any atom is 0.211 e. The highest BCUT2D eigenvalue weighted by Crippen LogP contribution is 2.34. The first-order chi connectivity index (χ1) is 12.2. The molecule has 0 atom stereocenters. The van der Waals surface area contributed by atoms with Gasteiger partial charge in [0.15, 0.2) is 0 Å². The van der Waals surface area contributed by atoms with E-state index in [-0.39, 0.29) is 5.43 Å². The molecular weight excluding hydrogens is 326 g/mol. The van der Waals surface area contributed by atoms with E-state index in [0.29, 0.717) is 12.1 Å². The van der Waals surface area contributed by atoms with Gasteiger partial charge in [-0.3, -0.25) is 4.79 Å². The van der Waals surface area contributed by atoms with E-state index in [1.54, 1.807) is 11.3 Å². The Balaban J connectivity index is 1.79. The van der Waals surface area contributed by atoms with Crippen molar-refractivity contribution >= 4 is 27.1 Å². The summed E-state index contributed by atoms with van der Waals surface area (Å²) in [5.41, 5.74) is 2.42. The average Bonchev–Trinajstić information content (AvgIpc) is 2.66. The third-order valence-corrected chi connectivity index (χ3v) is 7.08. The second-order valence-corrected chi connectivity index (χ2v) is 8.85. The summed E-state index contributed by atoms with van der Waals surface area (Å²) in [6, 6.07) is 7.43. The van der Waals surface area contributed by atoms with Crippen LogP contribution < -0.4 is 10.3 Å². The molecular formula is C22H29NOS. The lowest BCUT2D eigenvalue weighted by Crippen LogP contribution is -2.47. The molecule has 2 aliphatic carbocycles. The number of anilines is 1. The van der Waals surface area contributed by atoms with Crippen molar-refractivity contribution in [2.75, 3.05) is 4.90 Å². The molecule has 1 aromatic heterocycles. The van der Waals surface area contributed by atoms with E-state index in [4.69, 9.17) is 0 Å². The summed E-state index contributed by atoms with van der Waals surface area (Å²) < 4.78 is 1.12. The number of fused-ring (bicyclic) bond motifs is 1. The fraction of sp³-hybridized carbons (Fsp3) is 0.591. The number of hydrogen-bond donors (Lipinski definition) is 0. The zero-order chi connectivity index (χ0) is 17.2. The van der Waals surface area contributed by atoms with Crippen LogP contribution in [0.1, 0.15) is 69.8 Å². The van der Waals surface area contributed by atoms with Gasteiger partial charge in [0, 0.05) is 27.5 Å². The lowest BCUT2D eigenvalue weighted by Gasteiger charge is -2.43. The highest BCUT2D eigenvalue weighted by molar-refractivity contribution is 7.16. The van der Waals surface area contributed by atoms with Gasteiger partial charge in [-0.05, 0) is 44.7 Å². The van der Waals surface area contributed by atoms with Gasteiger partial charge in [0.1, 0.15) is 0 Å². The molecule has 0 unspecified atom stereocenters. The summed E-state index contributed by atoms with van der Waals surface area (Å²) in [4.78, 5) is 16.0. The Kier molecular flexibility index (Phi) is 5.12. The SMILES string of the molecule is Cc1ccc2scc(N(C3CCCCC3)C3CCCCC3)c(=O)c2c1. The van der Waals surface area contributed by atoms with E-state index in [1.165, 1.54) is 69.8 Å². The van der Waals surface area contributed by atoms with E-state index in [0.717, 1.165) is 15.8 Å². The smallest absolute Gasteiger partial charge is 0.211 e. The molecule has 0 aliphatic heterocycles. The molecule has 1 heterocycles. The molecule has 0 radical (unpaired) electrons. The van der Waals surface area contributed by atoms with Crippen LogP contribution in [-0.4, -0.2) is 12.1 Å². The Morgan fingerprint density at radius 1 is 0.920 bits per heavy atom. The van der Waals surface area contributed by atoms with Crippen LogP contribution in [0.15, 0.2) is 28.4 Å². The maximum atomic E-state index is 13.4. The Bertz CT molecular complexity index is 766. The lowest BCUT2D eigenvalue weighted by atomic mass is 9.88. The third kappa shape index (κ3) is 3.48. The highest BCUT2D eigenvalue weighted by atomic mass is 32.1. The van der Waals surface area contributed by atoms with E-state index in [2.05, 4.69) is 35.4 Å². The van der Waals surface area contributed by atoms with Gasteiger partial charge < -0.3 is 4.90 Å². The molecule has 2 aliphatic rings. The van der Waals surface area contributed by atoms with Gasteiger partial charge in [-0.1, -0.05) is 50.2 Å². The minimum atomic E-state index is 0.258. The minimum absolute atomic E-state index is 0.258. The van der Waals surface area contributed by atoms with E-state index < -0.39 is 0 Å². The number of hydrogen-bond acceptors (Lipinski definition) is 3. The van der Waals surface area contributed by atoms with Crippen LogP contribution in [0.2, 0.25) is 0 Å². The fourth-order valence-electron chi connectivity index (χ4n) is 4.82. The van der Waals surface area contributed by atoms with Crippen molar-refractivity contribution < 1.29 is 0 Å². The molecule has 134 valence electrons. The number of aryl methyl sites for hydroxylation is 1. The van der Waals surface area contributed by atoms with E-state index >= 15 is 0 Å². The van der Waals surface area contributed by atoms with Crippen molar-refractivity contribution in [3.8, 4) is 0 Å². The molecule has 2 fully saturated rings. The standard InChI is InChI=1S/C22H29NOS/c1-16-12-13-21-19(14-16)22(24)20(15-25-21)23(17-8-4-2-5-9-17)18-10-6-3-7-11-18/h12-15,17-18H,2-11H2,1H3. The molecule has 0 N–H and O–H groups in total. The Hall–Kier alpha value is -1.35. The summed E-state index contributed by atoms with van der Waals surface area (Å²) in [6.07, 6.45) is 13.0. The molecule has 3 heteroatoms. The molecule has 4 rings (SSSR count). The van der Waals surface area contributed by atoms with Crippen LogP contribution in [0.5, 0.6) is 0 Å². The van der Waals surface area contributed by atoms with E-state index in [9.17, 15) is 4.79 Å². The molecule has 0 amide bonds. The Labute approximate surface area is 154 Å². The largest absolute Gasteiger partial charge is 0.362 e. The van der Waals surface area contributed by atoms with Gasteiger partial charge >= 0.3 is 0 Å². The van der Waals surface area contributed by atoms with Crippen molar-refractivity contribution in [3.05, 3.63) is 39.4 Å². The van der Waals surface area contributed by atoms with Gasteiger partial charge in [-0.2, -0.15) is 0 Å². The van der Waals surface area contributed by atoms with Gasteiger partial charge in [-0.15, -0.1) is 11.3 Å². The predicted molar refractivity (Wildman–Crippen MR) is 109 cm³/mol. The summed E-state index contributed by atoms with van der Waals surface area (Å²) in [5, 5.41) is 3.07. The molecule has 0 spiro atoms. The maximum absolute atomic E-state index is 13.4. The average molecular weight is 356 g/mol. The van der Waals surface area contributed by atoms with E-state index in [1.807, 2.05) is 0 Å². The van der Waals surface area contributed by atoms with Crippen LogP contribution in [0, 0.1) is 6.92 Å². The molecule has 25 heavy (non-hydrogen) atoms. The fourth-order valence-corrected chi connectivity index (χ4v) is 5.72. The molecule has 0 saturated heterocycles. The van der Waals surface area contributed by atoms with Crippen molar-refractivity contribution in [2.24, 2.45) is 0 Å². The van der Waals surface area contributed by atoms with Crippen LogP contribution >= 0.6 is 11.3 Å². The number of rotatable bonds is 3. The summed E-state index contributed by atoms with van der Waals surface area (Å²) >= 11 is 1.74. The third-order valence-electron chi connectivity index (χ3n) is 6.12. The van der Waals surface area contributed by atoms with Crippen molar-refractivity contribution in [2.45, 2.75) is 83.2 Å². The molecule has 0 bridgehead atoms. The Morgan fingerprint density at radius 2 is 1.52 bits per heavy atom. The van der Waals surface area contributed by atoms with Crippen molar-refractivity contribution in [3.63, 3.8) is 0 Å². The molecule has 2 saturated carbocycles. The van der Waals surface area contributed by atoms with Crippen LogP contribution in [-0.2, 0) is 0 Å². The van der Waals surface area contributed by atoms with Gasteiger partial charge in [0.05, 0.1) is 5.69 Å². The first-order valence-electron chi connectivity index (χ1n) is 10.0. The van der Waals surface area contributed by atoms with Crippen molar-refractivity contribution in [1.29, 1.82) is 0 Å². The predicted octanol–water partition coefficient (Wildman–Crippen LogP) is 6.04. The Morgan fingerprint density at radius 3 is 2.12 bits per heavy atom. The first-order valence-corrected chi connectivity index (χ1v) is 10.9. The topological polar surface area (TPSA) is 20.3 Å². The summed E-state index contributed by atoms with van der Waals surface area (Å²) in [5.74, 6) is 0.